The van der Waals surface area contributed by atoms with Crippen LogP contribution < -0.4 is 15.6 Å². The smallest absolute Gasteiger partial charge is 0.262 e. The Morgan fingerprint density at radius 3 is 2.69 bits per heavy atom. The standard InChI is InChI=1S/C22H25N3O3S/c1-5-14(2)25-21(27)18-11-6-7-12-19(18)24-22(25)29-15(3)20(26)23-16-9-8-10-17(13-16)28-4/h6-15H,5H2,1-4H3,(H,23,26)/t14-,15+/m1/s1. The molecule has 0 saturated heterocycles. The van der Waals surface area contributed by atoms with Crippen molar-refractivity contribution in [3.8, 4) is 5.75 Å². The number of ether oxygens (including phenoxy) is 1. The second-order valence-corrected chi connectivity index (χ2v) is 8.13. The number of fused-ring (bicyclic) bond motifs is 1. The first-order chi connectivity index (χ1) is 13.9. The second-order valence-electron chi connectivity index (χ2n) is 6.83. The maximum absolute atomic E-state index is 13.1. The third kappa shape index (κ3) is 4.62. The van der Waals surface area contributed by atoms with E-state index in [1.165, 1.54) is 11.8 Å². The number of para-hydroxylation sites is 1. The molecular weight excluding hydrogens is 386 g/mol. The Hall–Kier alpha value is -2.80. The third-order valence-corrected chi connectivity index (χ3v) is 5.86. The zero-order chi connectivity index (χ0) is 21.0. The molecule has 0 radical (unpaired) electrons. The highest BCUT2D eigenvalue weighted by atomic mass is 32.2. The van der Waals surface area contributed by atoms with Gasteiger partial charge in [-0.25, -0.2) is 4.98 Å². The monoisotopic (exact) mass is 411 g/mol. The number of anilines is 1. The molecule has 0 unspecified atom stereocenters. The number of aromatic nitrogens is 2. The van der Waals surface area contributed by atoms with Crippen molar-refractivity contribution in [2.45, 2.75) is 43.6 Å². The SMILES string of the molecule is CC[C@@H](C)n1c(S[C@@H](C)C(=O)Nc2cccc(OC)c2)nc2ccccc2c1=O. The normalized spacial score (nSPS) is 13.1. The molecule has 29 heavy (non-hydrogen) atoms. The van der Waals surface area contributed by atoms with Crippen LogP contribution in [0.2, 0.25) is 0 Å². The summed E-state index contributed by atoms with van der Waals surface area (Å²) in [7, 11) is 1.58. The molecule has 1 N–H and O–H groups in total. The number of rotatable bonds is 7. The molecule has 1 heterocycles. The molecule has 0 aliphatic heterocycles. The first-order valence-corrected chi connectivity index (χ1v) is 10.5. The largest absolute Gasteiger partial charge is 0.497 e. The number of carbonyl (C=O) groups excluding carboxylic acids is 1. The van der Waals surface area contributed by atoms with E-state index in [1.807, 2.05) is 51.1 Å². The van der Waals surface area contributed by atoms with Crippen molar-refractivity contribution >= 4 is 34.3 Å². The fraction of sp³-hybridized carbons (Fsp3) is 0.318. The van der Waals surface area contributed by atoms with Crippen LogP contribution in [0.3, 0.4) is 0 Å². The van der Waals surface area contributed by atoms with E-state index in [0.29, 0.717) is 27.5 Å². The summed E-state index contributed by atoms with van der Waals surface area (Å²) < 4.78 is 6.89. The van der Waals surface area contributed by atoms with Crippen molar-refractivity contribution < 1.29 is 9.53 Å². The Kier molecular flexibility index (Phi) is 6.59. The Bertz CT molecular complexity index is 1080. The molecule has 1 amide bonds. The molecule has 0 fully saturated rings. The molecule has 0 spiro atoms. The molecule has 0 bridgehead atoms. The zero-order valence-electron chi connectivity index (χ0n) is 17.0. The maximum Gasteiger partial charge on any atom is 0.262 e. The molecule has 0 aliphatic rings. The van der Waals surface area contributed by atoms with Crippen molar-refractivity contribution in [1.29, 1.82) is 0 Å². The topological polar surface area (TPSA) is 73.2 Å². The highest BCUT2D eigenvalue weighted by molar-refractivity contribution is 8.00. The molecule has 0 aliphatic carbocycles. The predicted octanol–water partition coefficient (Wildman–Crippen LogP) is 4.50. The number of hydrogen-bond acceptors (Lipinski definition) is 5. The van der Waals surface area contributed by atoms with Gasteiger partial charge in [0.2, 0.25) is 5.91 Å². The van der Waals surface area contributed by atoms with Crippen LogP contribution in [0.4, 0.5) is 5.69 Å². The van der Waals surface area contributed by atoms with E-state index in [1.54, 1.807) is 29.9 Å². The van der Waals surface area contributed by atoms with Crippen LogP contribution in [0, 0.1) is 0 Å². The van der Waals surface area contributed by atoms with Crippen LogP contribution >= 0.6 is 11.8 Å². The quantitative estimate of drug-likeness (QED) is 0.458. The van der Waals surface area contributed by atoms with Crippen LogP contribution in [0.5, 0.6) is 5.75 Å². The van der Waals surface area contributed by atoms with Gasteiger partial charge in [-0.1, -0.05) is 36.9 Å². The van der Waals surface area contributed by atoms with Crippen LogP contribution in [-0.2, 0) is 4.79 Å². The molecule has 3 aromatic rings. The lowest BCUT2D eigenvalue weighted by atomic mass is 10.2. The van der Waals surface area contributed by atoms with E-state index in [0.717, 1.165) is 6.42 Å². The summed E-state index contributed by atoms with van der Waals surface area (Å²) in [5.74, 6) is 0.506. The Labute approximate surface area is 174 Å². The predicted molar refractivity (Wildman–Crippen MR) is 118 cm³/mol. The number of carbonyl (C=O) groups is 1. The fourth-order valence-electron chi connectivity index (χ4n) is 2.94. The van der Waals surface area contributed by atoms with Crippen LogP contribution in [0.25, 0.3) is 10.9 Å². The Balaban J connectivity index is 1.89. The lowest BCUT2D eigenvalue weighted by Crippen LogP contribution is -2.28. The van der Waals surface area contributed by atoms with Crippen LogP contribution in [0.1, 0.15) is 33.2 Å². The second kappa shape index (κ2) is 9.13. The summed E-state index contributed by atoms with van der Waals surface area (Å²) in [6.45, 7) is 5.82. The molecule has 152 valence electrons. The lowest BCUT2D eigenvalue weighted by molar-refractivity contribution is -0.115. The van der Waals surface area contributed by atoms with Gasteiger partial charge in [-0.05, 0) is 44.5 Å². The molecule has 2 aromatic carbocycles. The van der Waals surface area contributed by atoms with Crippen LogP contribution in [0.15, 0.2) is 58.5 Å². The number of thioether (sulfide) groups is 1. The van der Waals surface area contributed by atoms with Gasteiger partial charge in [-0.3, -0.25) is 14.2 Å². The van der Waals surface area contributed by atoms with Gasteiger partial charge in [0.15, 0.2) is 5.16 Å². The van der Waals surface area contributed by atoms with Gasteiger partial charge < -0.3 is 10.1 Å². The summed E-state index contributed by atoms with van der Waals surface area (Å²) in [5, 5.41) is 3.60. The lowest BCUT2D eigenvalue weighted by Gasteiger charge is -2.20. The highest BCUT2D eigenvalue weighted by Gasteiger charge is 2.21. The molecule has 1 aromatic heterocycles. The summed E-state index contributed by atoms with van der Waals surface area (Å²) >= 11 is 1.29. The zero-order valence-corrected chi connectivity index (χ0v) is 17.8. The summed E-state index contributed by atoms with van der Waals surface area (Å²) in [4.78, 5) is 30.5. The molecule has 0 saturated carbocycles. The third-order valence-electron chi connectivity index (χ3n) is 4.80. The summed E-state index contributed by atoms with van der Waals surface area (Å²) in [6, 6.07) is 14.5. The fourth-order valence-corrected chi connectivity index (χ4v) is 3.95. The van der Waals surface area contributed by atoms with Crippen molar-refractivity contribution in [1.82, 2.24) is 9.55 Å². The molecule has 6 nitrogen and oxygen atoms in total. The summed E-state index contributed by atoms with van der Waals surface area (Å²) in [5.41, 5.74) is 1.22. The molecule has 2 atom stereocenters. The van der Waals surface area contributed by atoms with Gasteiger partial charge in [-0.15, -0.1) is 0 Å². The average molecular weight is 412 g/mol. The number of nitrogens with one attached hydrogen (secondary N) is 1. The summed E-state index contributed by atoms with van der Waals surface area (Å²) in [6.07, 6.45) is 0.790. The van der Waals surface area contributed by atoms with Gasteiger partial charge >= 0.3 is 0 Å². The number of hydrogen-bond donors (Lipinski definition) is 1. The molecular formula is C22H25N3O3S. The minimum atomic E-state index is -0.440. The van der Waals surface area contributed by atoms with Gasteiger partial charge in [0.05, 0.1) is 23.3 Å². The van der Waals surface area contributed by atoms with Crippen molar-refractivity contribution in [2.75, 3.05) is 12.4 Å². The van der Waals surface area contributed by atoms with E-state index >= 15 is 0 Å². The van der Waals surface area contributed by atoms with E-state index in [9.17, 15) is 9.59 Å². The minimum absolute atomic E-state index is 0.0178. The highest BCUT2D eigenvalue weighted by Crippen LogP contribution is 2.27. The van der Waals surface area contributed by atoms with Gasteiger partial charge in [0.1, 0.15) is 5.75 Å². The first-order valence-electron chi connectivity index (χ1n) is 9.57. The van der Waals surface area contributed by atoms with Crippen molar-refractivity contribution in [3.63, 3.8) is 0 Å². The molecule has 3 rings (SSSR count). The Morgan fingerprint density at radius 2 is 1.97 bits per heavy atom. The van der Waals surface area contributed by atoms with Crippen molar-refractivity contribution in [3.05, 3.63) is 58.9 Å². The average Bonchev–Trinajstić information content (AvgIpc) is 2.73. The van der Waals surface area contributed by atoms with E-state index in [4.69, 9.17) is 4.74 Å². The van der Waals surface area contributed by atoms with Gasteiger partial charge in [-0.2, -0.15) is 0 Å². The Morgan fingerprint density at radius 1 is 1.21 bits per heavy atom. The van der Waals surface area contributed by atoms with Crippen molar-refractivity contribution in [2.24, 2.45) is 0 Å². The van der Waals surface area contributed by atoms with E-state index in [2.05, 4.69) is 10.3 Å². The van der Waals surface area contributed by atoms with Crippen LogP contribution in [-0.4, -0.2) is 27.8 Å². The number of amides is 1. The number of nitrogens with zero attached hydrogens (tertiary/aromatic N) is 2. The maximum atomic E-state index is 13.1. The number of benzene rings is 2. The van der Waals surface area contributed by atoms with Gasteiger partial charge in [0, 0.05) is 17.8 Å². The number of methoxy groups -OCH3 is 1. The van der Waals surface area contributed by atoms with E-state index in [-0.39, 0.29) is 17.5 Å². The van der Waals surface area contributed by atoms with E-state index < -0.39 is 5.25 Å². The van der Waals surface area contributed by atoms with Gasteiger partial charge in [0.25, 0.3) is 5.56 Å². The molecule has 7 heteroatoms. The minimum Gasteiger partial charge on any atom is -0.497 e. The first kappa shape index (κ1) is 20.9.